The molecule has 2 amide bonds. The Bertz CT molecular complexity index is 596. The van der Waals surface area contributed by atoms with Crippen molar-refractivity contribution in [3.05, 3.63) is 18.2 Å². The maximum Gasteiger partial charge on any atom is 0.271 e. The monoisotopic (exact) mass is 306 g/mol. The molecule has 1 aliphatic heterocycles. The standard InChI is InChI=1S/C16H22N2O4/c1-10(2)8-17-14(20)9-18-12-7-11(19)5-6-13(12)22-16(3,4)15(18)21/h5-7,10,19H,8-9H2,1-4H3,(H,17,20). The van der Waals surface area contributed by atoms with Crippen molar-refractivity contribution in [2.45, 2.75) is 33.3 Å². The van der Waals surface area contributed by atoms with Gasteiger partial charge in [-0.05, 0) is 31.9 Å². The van der Waals surface area contributed by atoms with Crippen LogP contribution in [0.25, 0.3) is 0 Å². The van der Waals surface area contributed by atoms with Crippen LogP contribution < -0.4 is 15.0 Å². The lowest BCUT2D eigenvalue weighted by Crippen LogP contribution is -2.55. The van der Waals surface area contributed by atoms with Gasteiger partial charge >= 0.3 is 0 Å². The molecule has 1 aromatic carbocycles. The van der Waals surface area contributed by atoms with E-state index in [0.29, 0.717) is 23.9 Å². The van der Waals surface area contributed by atoms with Gasteiger partial charge in [-0.15, -0.1) is 0 Å². The maximum atomic E-state index is 12.5. The molecule has 0 saturated carbocycles. The van der Waals surface area contributed by atoms with E-state index in [1.807, 2.05) is 13.8 Å². The molecule has 2 N–H and O–H groups in total. The number of rotatable bonds is 4. The first kappa shape index (κ1) is 16.1. The van der Waals surface area contributed by atoms with Crippen LogP contribution in [-0.2, 0) is 9.59 Å². The minimum absolute atomic E-state index is 0.0162. The summed E-state index contributed by atoms with van der Waals surface area (Å²) in [6.07, 6.45) is 0. The number of amides is 2. The molecule has 6 nitrogen and oxygen atoms in total. The van der Waals surface area contributed by atoms with Crippen LogP contribution in [0.1, 0.15) is 27.7 Å². The summed E-state index contributed by atoms with van der Waals surface area (Å²) in [5.74, 6) is 0.262. The lowest BCUT2D eigenvalue weighted by Gasteiger charge is -2.38. The first-order valence-corrected chi connectivity index (χ1v) is 7.31. The highest BCUT2D eigenvalue weighted by atomic mass is 16.5. The van der Waals surface area contributed by atoms with Gasteiger partial charge in [0.1, 0.15) is 18.0 Å². The molecule has 0 aromatic heterocycles. The Kier molecular flexibility index (Phi) is 4.30. The van der Waals surface area contributed by atoms with Crippen molar-refractivity contribution in [2.24, 2.45) is 5.92 Å². The summed E-state index contributed by atoms with van der Waals surface area (Å²) in [5.41, 5.74) is -0.647. The Balaban J connectivity index is 2.26. The molecule has 1 heterocycles. The molecule has 2 rings (SSSR count). The van der Waals surface area contributed by atoms with E-state index in [-0.39, 0.29) is 24.1 Å². The fraction of sp³-hybridized carbons (Fsp3) is 0.500. The Morgan fingerprint density at radius 3 is 2.73 bits per heavy atom. The van der Waals surface area contributed by atoms with Crippen LogP contribution in [0.5, 0.6) is 11.5 Å². The van der Waals surface area contributed by atoms with Gasteiger partial charge in [0, 0.05) is 12.6 Å². The first-order valence-electron chi connectivity index (χ1n) is 7.31. The predicted molar refractivity (Wildman–Crippen MR) is 83.0 cm³/mol. The summed E-state index contributed by atoms with van der Waals surface area (Å²) in [6, 6.07) is 4.51. The van der Waals surface area contributed by atoms with Crippen LogP contribution in [-0.4, -0.2) is 35.6 Å². The molecule has 0 unspecified atom stereocenters. The molecule has 1 aliphatic rings. The van der Waals surface area contributed by atoms with Crippen LogP contribution in [0.15, 0.2) is 18.2 Å². The number of anilines is 1. The van der Waals surface area contributed by atoms with E-state index in [2.05, 4.69) is 5.32 Å². The zero-order valence-electron chi connectivity index (χ0n) is 13.3. The fourth-order valence-corrected chi connectivity index (χ4v) is 2.23. The third-order valence-electron chi connectivity index (χ3n) is 3.37. The first-order chi connectivity index (χ1) is 10.2. The Hall–Kier alpha value is -2.24. The number of nitrogens with zero attached hydrogens (tertiary/aromatic N) is 1. The van der Waals surface area contributed by atoms with Crippen molar-refractivity contribution in [1.82, 2.24) is 5.32 Å². The van der Waals surface area contributed by atoms with Crippen LogP contribution in [0, 0.1) is 5.92 Å². The molecule has 6 heteroatoms. The molecule has 0 saturated heterocycles. The second-order valence-corrected chi connectivity index (χ2v) is 6.35. The quantitative estimate of drug-likeness (QED) is 0.887. The lowest BCUT2D eigenvalue weighted by atomic mass is 10.0. The van der Waals surface area contributed by atoms with Crippen LogP contribution in [0.2, 0.25) is 0 Å². The zero-order valence-corrected chi connectivity index (χ0v) is 13.3. The molecule has 0 spiro atoms. The highest BCUT2D eigenvalue weighted by molar-refractivity contribution is 6.05. The highest BCUT2D eigenvalue weighted by Gasteiger charge is 2.41. The van der Waals surface area contributed by atoms with Gasteiger partial charge < -0.3 is 15.2 Å². The second kappa shape index (κ2) is 5.87. The number of benzene rings is 1. The summed E-state index contributed by atoms with van der Waals surface area (Å²) in [5, 5.41) is 12.4. The van der Waals surface area contributed by atoms with E-state index in [1.54, 1.807) is 19.9 Å². The summed E-state index contributed by atoms with van der Waals surface area (Å²) >= 11 is 0. The van der Waals surface area contributed by atoms with Crippen LogP contribution >= 0.6 is 0 Å². The molecule has 0 radical (unpaired) electrons. The van der Waals surface area contributed by atoms with Crippen LogP contribution in [0.3, 0.4) is 0 Å². The Labute approximate surface area is 130 Å². The molecule has 1 aromatic rings. The number of hydrogen-bond acceptors (Lipinski definition) is 4. The summed E-state index contributed by atoms with van der Waals surface area (Å²) < 4.78 is 5.66. The van der Waals surface area contributed by atoms with E-state index < -0.39 is 5.60 Å². The molecule has 22 heavy (non-hydrogen) atoms. The topological polar surface area (TPSA) is 78.9 Å². The number of phenols is 1. The number of aromatic hydroxyl groups is 1. The largest absolute Gasteiger partial charge is 0.508 e. The Morgan fingerprint density at radius 1 is 1.41 bits per heavy atom. The summed E-state index contributed by atoms with van der Waals surface area (Å²) in [6.45, 7) is 7.75. The molecule has 120 valence electrons. The van der Waals surface area contributed by atoms with E-state index >= 15 is 0 Å². The van der Waals surface area contributed by atoms with Crippen molar-refractivity contribution in [2.75, 3.05) is 18.0 Å². The molecule has 0 fully saturated rings. The summed E-state index contributed by atoms with van der Waals surface area (Å²) in [4.78, 5) is 25.9. The second-order valence-electron chi connectivity index (χ2n) is 6.35. The lowest BCUT2D eigenvalue weighted by molar-refractivity contribution is -0.134. The van der Waals surface area contributed by atoms with E-state index in [1.165, 1.54) is 17.0 Å². The predicted octanol–water partition coefficient (Wildman–Crippen LogP) is 1.67. The third-order valence-corrected chi connectivity index (χ3v) is 3.37. The van der Waals surface area contributed by atoms with Gasteiger partial charge in [0.15, 0.2) is 5.60 Å². The number of carbonyl (C=O) groups is 2. The van der Waals surface area contributed by atoms with E-state index in [4.69, 9.17) is 4.74 Å². The SMILES string of the molecule is CC(C)CNC(=O)CN1C(=O)C(C)(C)Oc2ccc(O)cc21. The molecular weight excluding hydrogens is 284 g/mol. The van der Waals surface area contributed by atoms with Crippen molar-refractivity contribution in [1.29, 1.82) is 0 Å². The molecular formula is C16H22N2O4. The van der Waals surface area contributed by atoms with Gasteiger partial charge in [0.05, 0.1) is 5.69 Å². The van der Waals surface area contributed by atoms with Gasteiger partial charge in [-0.3, -0.25) is 14.5 Å². The minimum Gasteiger partial charge on any atom is -0.508 e. The fourth-order valence-electron chi connectivity index (χ4n) is 2.23. The average molecular weight is 306 g/mol. The summed E-state index contributed by atoms with van der Waals surface area (Å²) in [7, 11) is 0. The number of carbonyl (C=O) groups excluding carboxylic acids is 2. The van der Waals surface area contributed by atoms with Gasteiger partial charge in [-0.2, -0.15) is 0 Å². The number of ether oxygens (including phenoxy) is 1. The number of fused-ring (bicyclic) bond motifs is 1. The molecule has 0 bridgehead atoms. The third kappa shape index (κ3) is 3.32. The Morgan fingerprint density at radius 2 is 2.09 bits per heavy atom. The smallest absolute Gasteiger partial charge is 0.271 e. The molecule has 0 aliphatic carbocycles. The normalized spacial score (nSPS) is 16.2. The molecule has 0 atom stereocenters. The van der Waals surface area contributed by atoms with Crippen molar-refractivity contribution < 1.29 is 19.4 Å². The van der Waals surface area contributed by atoms with Crippen molar-refractivity contribution >= 4 is 17.5 Å². The maximum absolute atomic E-state index is 12.5. The number of hydrogen-bond donors (Lipinski definition) is 2. The van der Waals surface area contributed by atoms with Gasteiger partial charge in [-0.25, -0.2) is 0 Å². The highest BCUT2D eigenvalue weighted by Crippen LogP contribution is 2.39. The average Bonchev–Trinajstić information content (AvgIpc) is 2.42. The number of phenolic OH excluding ortho intramolecular Hbond substituents is 1. The van der Waals surface area contributed by atoms with Crippen molar-refractivity contribution in [3.8, 4) is 11.5 Å². The van der Waals surface area contributed by atoms with Gasteiger partial charge in [-0.1, -0.05) is 13.8 Å². The van der Waals surface area contributed by atoms with Gasteiger partial charge in [0.2, 0.25) is 5.91 Å². The zero-order chi connectivity index (χ0) is 16.5. The van der Waals surface area contributed by atoms with Crippen molar-refractivity contribution in [3.63, 3.8) is 0 Å². The number of nitrogens with one attached hydrogen (secondary N) is 1. The van der Waals surface area contributed by atoms with Crippen LogP contribution in [0.4, 0.5) is 5.69 Å². The van der Waals surface area contributed by atoms with Gasteiger partial charge in [0.25, 0.3) is 5.91 Å². The van der Waals surface area contributed by atoms with E-state index in [0.717, 1.165) is 0 Å². The minimum atomic E-state index is -1.05. The van der Waals surface area contributed by atoms with E-state index in [9.17, 15) is 14.7 Å².